The van der Waals surface area contributed by atoms with E-state index in [1.165, 1.54) is 0 Å². The number of aromatic nitrogens is 3. The van der Waals surface area contributed by atoms with Gasteiger partial charge in [0.1, 0.15) is 0 Å². The maximum absolute atomic E-state index is 12.0. The van der Waals surface area contributed by atoms with Crippen LogP contribution in [0.1, 0.15) is 43.7 Å². The number of hydrogen-bond donors (Lipinski definition) is 2. The van der Waals surface area contributed by atoms with Gasteiger partial charge in [0.15, 0.2) is 5.69 Å². The highest BCUT2D eigenvalue weighted by Crippen LogP contribution is 2.11. The zero-order valence-corrected chi connectivity index (χ0v) is 11.2. The Morgan fingerprint density at radius 2 is 2.33 bits per heavy atom. The van der Waals surface area contributed by atoms with E-state index in [-0.39, 0.29) is 11.9 Å². The fourth-order valence-electron chi connectivity index (χ4n) is 2.00. The molecule has 1 saturated heterocycles. The molecular formula is C12H21N5O. The van der Waals surface area contributed by atoms with Crippen LogP contribution in [0, 0.1) is 5.92 Å². The standard InChI is InChI=1S/C12H21N5O/c1-4-10(8(2)3)14-12(18)11-7-17(16-15-11)9-5-13-6-9/h7-10,13H,4-6H2,1-3H3,(H,14,18). The molecule has 1 aliphatic rings. The smallest absolute Gasteiger partial charge is 0.273 e. The highest BCUT2D eigenvalue weighted by Gasteiger charge is 2.22. The highest BCUT2D eigenvalue weighted by molar-refractivity contribution is 5.92. The van der Waals surface area contributed by atoms with Crippen LogP contribution in [-0.4, -0.2) is 40.0 Å². The average molecular weight is 251 g/mol. The topological polar surface area (TPSA) is 71.8 Å². The summed E-state index contributed by atoms with van der Waals surface area (Å²) in [4.78, 5) is 12.0. The fraction of sp³-hybridized carbons (Fsp3) is 0.750. The molecule has 6 nitrogen and oxygen atoms in total. The lowest BCUT2D eigenvalue weighted by Gasteiger charge is -2.26. The molecular weight excluding hydrogens is 230 g/mol. The summed E-state index contributed by atoms with van der Waals surface area (Å²) in [5.74, 6) is 0.291. The quantitative estimate of drug-likeness (QED) is 0.803. The van der Waals surface area contributed by atoms with Crippen molar-refractivity contribution in [1.29, 1.82) is 0 Å². The van der Waals surface area contributed by atoms with Gasteiger partial charge in [-0.1, -0.05) is 26.0 Å². The van der Waals surface area contributed by atoms with Gasteiger partial charge in [-0.05, 0) is 12.3 Å². The van der Waals surface area contributed by atoms with Crippen LogP contribution in [-0.2, 0) is 0 Å². The Bertz CT molecular complexity index is 410. The molecule has 1 aromatic rings. The molecule has 1 aliphatic heterocycles. The van der Waals surface area contributed by atoms with Crippen molar-refractivity contribution >= 4 is 5.91 Å². The van der Waals surface area contributed by atoms with Gasteiger partial charge in [-0.25, -0.2) is 4.68 Å². The molecule has 0 aromatic carbocycles. The third-order valence-electron chi connectivity index (χ3n) is 3.44. The lowest BCUT2D eigenvalue weighted by Crippen LogP contribution is -2.43. The zero-order valence-electron chi connectivity index (χ0n) is 11.2. The summed E-state index contributed by atoms with van der Waals surface area (Å²) in [6.07, 6.45) is 2.65. The third kappa shape index (κ3) is 2.69. The van der Waals surface area contributed by atoms with E-state index in [1.807, 2.05) is 0 Å². The average Bonchev–Trinajstić information content (AvgIpc) is 2.71. The summed E-state index contributed by atoms with van der Waals surface area (Å²) in [6.45, 7) is 8.07. The summed E-state index contributed by atoms with van der Waals surface area (Å²) in [5, 5.41) is 14.1. The van der Waals surface area contributed by atoms with Crippen molar-refractivity contribution in [1.82, 2.24) is 25.6 Å². The van der Waals surface area contributed by atoms with E-state index < -0.39 is 0 Å². The first-order valence-corrected chi connectivity index (χ1v) is 6.55. The SMILES string of the molecule is CCC(NC(=O)c1cn(C2CNC2)nn1)C(C)C. The summed E-state index contributed by atoms with van der Waals surface area (Å²) < 4.78 is 1.77. The second-order valence-corrected chi connectivity index (χ2v) is 5.13. The van der Waals surface area contributed by atoms with E-state index in [9.17, 15) is 4.79 Å². The molecule has 0 bridgehead atoms. The Morgan fingerprint density at radius 3 is 2.83 bits per heavy atom. The minimum absolute atomic E-state index is 0.130. The van der Waals surface area contributed by atoms with Crippen LogP contribution in [0.15, 0.2) is 6.20 Å². The monoisotopic (exact) mass is 251 g/mol. The van der Waals surface area contributed by atoms with Crippen LogP contribution >= 0.6 is 0 Å². The normalized spacial score (nSPS) is 17.6. The van der Waals surface area contributed by atoms with Crippen LogP contribution in [0.25, 0.3) is 0 Å². The molecule has 1 aromatic heterocycles. The van der Waals surface area contributed by atoms with E-state index in [4.69, 9.17) is 0 Å². The van der Waals surface area contributed by atoms with Gasteiger partial charge < -0.3 is 10.6 Å². The Morgan fingerprint density at radius 1 is 1.61 bits per heavy atom. The predicted molar refractivity (Wildman–Crippen MR) is 68.3 cm³/mol. The van der Waals surface area contributed by atoms with Gasteiger partial charge in [-0.2, -0.15) is 0 Å². The number of nitrogens with zero attached hydrogens (tertiary/aromatic N) is 3. The molecule has 2 rings (SSSR count). The van der Waals surface area contributed by atoms with E-state index in [0.29, 0.717) is 17.7 Å². The maximum atomic E-state index is 12.0. The van der Waals surface area contributed by atoms with E-state index in [2.05, 4.69) is 41.7 Å². The number of amides is 1. The summed E-state index contributed by atoms with van der Waals surface area (Å²) >= 11 is 0. The van der Waals surface area contributed by atoms with Gasteiger partial charge in [-0.3, -0.25) is 4.79 Å². The molecule has 1 atom stereocenters. The second-order valence-electron chi connectivity index (χ2n) is 5.13. The molecule has 18 heavy (non-hydrogen) atoms. The van der Waals surface area contributed by atoms with Gasteiger partial charge in [0.2, 0.25) is 0 Å². The first-order chi connectivity index (χ1) is 8.61. The van der Waals surface area contributed by atoms with Crippen molar-refractivity contribution in [2.24, 2.45) is 5.92 Å². The second kappa shape index (κ2) is 5.48. The molecule has 2 N–H and O–H groups in total. The number of rotatable bonds is 5. The van der Waals surface area contributed by atoms with Crippen molar-refractivity contribution in [2.75, 3.05) is 13.1 Å². The minimum atomic E-state index is -0.130. The molecule has 1 amide bonds. The molecule has 6 heteroatoms. The molecule has 1 fully saturated rings. The Kier molecular flexibility index (Phi) is 3.96. The molecule has 1 unspecified atom stereocenters. The van der Waals surface area contributed by atoms with Crippen LogP contribution < -0.4 is 10.6 Å². The number of carbonyl (C=O) groups excluding carboxylic acids is 1. The van der Waals surface area contributed by atoms with Crippen LogP contribution in [0.5, 0.6) is 0 Å². The van der Waals surface area contributed by atoms with Gasteiger partial charge >= 0.3 is 0 Å². The first-order valence-electron chi connectivity index (χ1n) is 6.55. The zero-order chi connectivity index (χ0) is 13.1. The molecule has 0 spiro atoms. The fourth-order valence-corrected chi connectivity index (χ4v) is 2.00. The van der Waals surface area contributed by atoms with E-state index >= 15 is 0 Å². The molecule has 2 heterocycles. The molecule has 0 saturated carbocycles. The lowest BCUT2D eigenvalue weighted by atomic mass is 10.0. The maximum Gasteiger partial charge on any atom is 0.273 e. The van der Waals surface area contributed by atoms with Crippen LogP contribution in [0.3, 0.4) is 0 Å². The lowest BCUT2D eigenvalue weighted by molar-refractivity contribution is 0.0919. The molecule has 100 valence electrons. The van der Waals surface area contributed by atoms with Crippen LogP contribution in [0.2, 0.25) is 0 Å². The van der Waals surface area contributed by atoms with Crippen molar-refractivity contribution < 1.29 is 4.79 Å². The largest absolute Gasteiger partial charge is 0.348 e. The van der Waals surface area contributed by atoms with E-state index in [1.54, 1.807) is 10.9 Å². The van der Waals surface area contributed by atoms with Gasteiger partial charge in [0, 0.05) is 19.1 Å². The minimum Gasteiger partial charge on any atom is -0.348 e. The van der Waals surface area contributed by atoms with Gasteiger partial charge in [0.25, 0.3) is 5.91 Å². The first kappa shape index (κ1) is 13.0. The Balaban J connectivity index is 1.97. The third-order valence-corrected chi connectivity index (χ3v) is 3.44. The van der Waals surface area contributed by atoms with Crippen molar-refractivity contribution in [3.05, 3.63) is 11.9 Å². The Hall–Kier alpha value is -1.43. The number of carbonyl (C=O) groups is 1. The van der Waals surface area contributed by atoms with E-state index in [0.717, 1.165) is 19.5 Å². The number of hydrogen-bond acceptors (Lipinski definition) is 4. The molecule has 0 aliphatic carbocycles. The van der Waals surface area contributed by atoms with Crippen LogP contribution in [0.4, 0.5) is 0 Å². The highest BCUT2D eigenvalue weighted by atomic mass is 16.2. The summed E-state index contributed by atoms with van der Waals surface area (Å²) in [7, 11) is 0. The predicted octanol–water partition coefficient (Wildman–Crippen LogP) is 0.587. The van der Waals surface area contributed by atoms with Gasteiger partial charge in [0.05, 0.1) is 12.2 Å². The number of nitrogens with one attached hydrogen (secondary N) is 2. The van der Waals surface area contributed by atoms with Crippen molar-refractivity contribution in [3.63, 3.8) is 0 Å². The summed E-state index contributed by atoms with van der Waals surface area (Å²) in [6, 6.07) is 0.527. The summed E-state index contributed by atoms with van der Waals surface area (Å²) in [5.41, 5.74) is 0.404. The molecule has 0 radical (unpaired) electrons. The Labute approximate surface area is 107 Å². The van der Waals surface area contributed by atoms with Crippen molar-refractivity contribution in [3.8, 4) is 0 Å². The van der Waals surface area contributed by atoms with Crippen molar-refractivity contribution in [2.45, 2.75) is 39.3 Å². The van der Waals surface area contributed by atoms with Gasteiger partial charge in [-0.15, -0.1) is 5.10 Å².